The number of rotatable bonds is 1. The lowest BCUT2D eigenvalue weighted by Crippen LogP contribution is -2.45. The first-order valence-corrected chi connectivity index (χ1v) is 5.32. The molecule has 16 heavy (non-hydrogen) atoms. The number of hydrazine groups is 1. The Kier molecular flexibility index (Phi) is 3.07. The molecule has 2 rings (SSSR count). The number of carbonyl (C=O) groups is 1. The van der Waals surface area contributed by atoms with E-state index in [0.717, 1.165) is 6.42 Å². The van der Waals surface area contributed by atoms with Gasteiger partial charge in [-0.1, -0.05) is 0 Å². The van der Waals surface area contributed by atoms with E-state index in [-0.39, 0.29) is 13.1 Å². The minimum absolute atomic E-state index is 0.112. The van der Waals surface area contributed by atoms with Crippen LogP contribution in [0.3, 0.4) is 0 Å². The first-order valence-electron chi connectivity index (χ1n) is 5.32. The van der Waals surface area contributed by atoms with Crippen LogP contribution >= 0.6 is 0 Å². The number of nitrogens with one attached hydrogen (secondary N) is 2. The Morgan fingerprint density at radius 3 is 2.62 bits per heavy atom. The van der Waals surface area contributed by atoms with Crippen LogP contribution in [0.25, 0.3) is 0 Å². The number of nitrogens with zero attached hydrogens (tertiary/aromatic N) is 1. The predicted octanol–water partition coefficient (Wildman–Crippen LogP) is 0.121. The summed E-state index contributed by atoms with van der Waals surface area (Å²) in [5, 5.41) is 3.95. The zero-order valence-electron chi connectivity index (χ0n) is 8.68. The summed E-state index contributed by atoms with van der Waals surface area (Å²) in [6.45, 7) is 1.11. The SMILES string of the molecule is O=C([C@@H]1CNC[C@H]1C(F)(F)F)N1CCCN1. The molecule has 0 aromatic carbocycles. The van der Waals surface area contributed by atoms with Crippen molar-refractivity contribution < 1.29 is 18.0 Å². The van der Waals surface area contributed by atoms with E-state index in [4.69, 9.17) is 0 Å². The minimum Gasteiger partial charge on any atom is -0.315 e. The molecule has 0 unspecified atom stereocenters. The molecule has 2 fully saturated rings. The molecule has 2 atom stereocenters. The van der Waals surface area contributed by atoms with Gasteiger partial charge in [0.15, 0.2) is 0 Å². The molecule has 2 aliphatic heterocycles. The van der Waals surface area contributed by atoms with E-state index in [1.165, 1.54) is 5.01 Å². The van der Waals surface area contributed by atoms with E-state index in [1.54, 1.807) is 0 Å². The van der Waals surface area contributed by atoms with Crippen LogP contribution in [-0.4, -0.2) is 43.3 Å². The molecule has 92 valence electrons. The number of carbonyl (C=O) groups excluding carboxylic acids is 1. The molecule has 4 nitrogen and oxygen atoms in total. The van der Waals surface area contributed by atoms with Crippen LogP contribution in [0.4, 0.5) is 13.2 Å². The summed E-state index contributed by atoms with van der Waals surface area (Å²) in [4.78, 5) is 11.8. The van der Waals surface area contributed by atoms with Crippen molar-refractivity contribution in [3.05, 3.63) is 0 Å². The maximum Gasteiger partial charge on any atom is 0.393 e. The van der Waals surface area contributed by atoms with Gasteiger partial charge in [0.1, 0.15) is 0 Å². The van der Waals surface area contributed by atoms with E-state index in [2.05, 4.69) is 10.7 Å². The van der Waals surface area contributed by atoms with E-state index in [1.807, 2.05) is 0 Å². The van der Waals surface area contributed by atoms with Crippen molar-refractivity contribution in [2.75, 3.05) is 26.2 Å². The molecular weight excluding hydrogens is 223 g/mol. The Balaban J connectivity index is 2.04. The van der Waals surface area contributed by atoms with Gasteiger partial charge in [0.05, 0.1) is 11.8 Å². The summed E-state index contributed by atoms with van der Waals surface area (Å²) in [6, 6.07) is 0. The predicted molar refractivity (Wildman–Crippen MR) is 50.2 cm³/mol. The highest BCUT2D eigenvalue weighted by Gasteiger charge is 2.50. The Bertz CT molecular complexity index is 276. The summed E-state index contributed by atoms with van der Waals surface area (Å²) in [7, 11) is 0. The molecule has 2 aliphatic rings. The van der Waals surface area contributed by atoms with Gasteiger partial charge in [-0.15, -0.1) is 0 Å². The first kappa shape index (κ1) is 11.7. The lowest BCUT2D eigenvalue weighted by molar-refractivity contribution is -0.185. The van der Waals surface area contributed by atoms with Crippen LogP contribution in [0.2, 0.25) is 0 Å². The molecule has 0 aromatic heterocycles. The van der Waals surface area contributed by atoms with Gasteiger partial charge in [-0.05, 0) is 6.42 Å². The van der Waals surface area contributed by atoms with Gasteiger partial charge in [-0.2, -0.15) is 13.2 Å². The van der Waals surface area contributed by atoms with Crippen molar-refractivity contribution in [2.45, 2.75) is 12.6 Å². The number of hydrogen-bond acceptors (Lipinski definition) is 3. The molecule has 0 bridgehead atoms. The molecule has 0 radical (unpaired) electrons. The largest absolute Gasteiger partial charge is 0.393 e. The van der Waals surface area contributed by atoms with Crippen molar-refractivity contribution in [3.63, 3.8) is 0 Å². The van der Waals surface area contributed by atoms with Crippen LogP contribution in [0.1, 0.15) is 6.42 Å². The van der Waals surface area contributed by atoms with Crippen molar-refractivity contribution >= 4 is 5.91 Å². The molecule has 2 saturated heterocycles. The maximum atomic E-state index is 12.6. The quantitative estimate of drug-likeness (QED) is 0.681. The Labute approximate surface area is 91.1 Å². The van der Waals surface area contributed by atoms with Crippen LogP contribution < -0.4 is 10.7 Å². The molecule has 1 amide bonds. The fourth-order valence-electron chi connectivity index (χ4n) is 2.20. The normalized spacial score (nSPS) is 31.1. The molecule has 0 aliphatic carbocycles. The Hall–Kier alpha value is -0.820. The third-order valence-electron chi connectivity index (χ3n) is 3.08. The van der Waals surface area contributed by atoms with E-state index in [0.29, 0.717) is 13.1 Å². The molecule has 0 spiro atoms. The molecule has 7 heteroatoms. The van der Waals surface area contributed by atoms with Gasteiger partial charge in [0.2, 0.25) is 5.91 Å². The second kappa shape index (κ2) is 4.21. The monoisotopic (exact) mass is 237 g/mol. The summed E-state index contributed by atoms with van der Waals surface area (Å²) in [6.07, 6.45) is -3.51. The van der Waals surface area contributed by atoms with Gasteiger partial charge in [-0.3, -0.25) is 9.80 Å². The summed E-state index contributed by atoms with van der Waals surface area (Å²) < 4.78 is 37.9. The zero-order valence-corrected chi connectivity index (χ0v) is 8.68. The standard InChI is InChI=1S/C9H14F3N3O/c10-9(11,12)7-5-13-4-6(7)8(16)15-3-1-2-14-15/h6-7,13-14H,1-5H2/t6-,7-/m1/s1. The van der Waals surface area contributed by atoms with Crippen molar-refractivity contribution in [1.82, 2.24) is 15.8 Å². The van der Waals surface area contributed by atoms with Crippen LogP contribution in [0.5, 0.6) is 0 Å². The highest BCUT2D eigenvalue weighted by Crippen LogP contribution is 2.35. The number of amides is 1. The molecule has 2 N–H and O–H groups in total. The van der Waals surface area contributed by atoms with E-state index < -0.39 is 23.9 Å². The van der Waals surface area contributed by atoms with Gasteiger partial charge < -0.3 is 5.32 Å². The maximum absolute atomic E-state index is 12.6. The second-order valence-electron chi connectivity index (χ2n) is 4.16. The van der Waals surface area contributed by atoms with Crippen molar-refractivity contribution in [3.8, 4) is 0 Å². The number of halogens is 3. The smallest absolute Gasteiger partial charge is 0.315 e. The van der Waals surface area contributed by atoms with Gasteiger partial charge in [0.25, 0.3) is 0 Å². The average molecular weight is 237 g/mol. The fraction of sp³-hybridized carbons (Fsp3) is 0.889. The number of hydrogen-bond donors (Lipinski definition) is 2. The highest BCUT2D eigenvalue weighted by atomic mass is 19.4. The molecule has 0 saturated carbocycles. The zero-order chi connectivity index (χ0) is 11.8. The Morgan fingerprint density at radius 1 is 1.31 bits per heavy atom. The fourth-order valence-corrected chi connectivity index (χ4v) is 2.20. The summed E-state index contributed by atoms with van der Waals surface area (Å²) in [5.41, 5.74) is 2.79. The molecular formula is C9H14F3N3O. The molecule has 2 heterocycles. The van der Waals surface area contributed by atoms with Crippen LogP contribution in [0.15, 0.2) is 0 Å². The van der Waals surface area contributed by atoms with Crippen LogP contribution in [0, 0.1) is 11.8 Å². The minimum atomic E-state index is -4.30. The lowest BCUT2D eigenvalue weighted by atomic mass is 9.94. The first-order chi connectivity index (χ1) is 7.50. The van der Waals surface area contributed by atoms with Crippen molar-refractivity contribution in [1.29, 1.82) is 0 Å². The van der Waals surface area contributed by atoms with E-state index in [9.17, 15) is 18.0 Å². The third-order valence-corrected chi connectivity index (χ3v) is 3.08. The van der Waals surface area contributed by atoms with Gasteiger partial charge in [-0.25, -0.2) is 5.43 Å². The second-order valence-corrected chi connectivity index (χ2v) is 4.16. The number of alkyl halides is 3. The van der Waals surface area contributed by atoms with Gasteiger partial charge in [0, 0.05) is 26.2 Å². The van der Waals surface area contributed by atoms with Crippen molar-refractivity contribution in [2.24, 2.45) is 11.8 Å². The molecule has 0 aromatic rings. The Morgan fingerprint density at radius 2 is 2.06 bits per heavy atom. The topological polar surface area (TPSA) is 44.4 Å². The van der Waals surface area contributed by atoms with Crippen LogP contribution in [-0.2, 0) is 4.79 Å². The average Bonchev–Trinajstić information content (AvgIpc) is 2.87. The third kappa shape index (κ3) is 2.15. The van der Waals surface area contributed by atoms with Gasteiger partial charge >= 0.3 is 6.18 Å². The lowest BCUT2D eigenvalue weighted by Gasteiger charge is -2.25. The summed E-state index contributed by atoms with van der Waals surface area (Å²) in [5.74, 6) is -2.97. The van der Waals surface area contributed by atoms with E-state index >= 15 is 0 Å². The summed E-state index contributed by atoms with van der Waals surface area (Å²) >= 11 is 0. The highest BCUT2D eigenvalue weighted by molar-refractivity contribution is 5.79.